The van der Waals surface area contributed by atoms with Gasteiger partial charge in [-0.05, 0) is 33.6 Å². The Hall–Kier alpha value is -0.660. The second-order valence-corrected chi connectivity index (χ2v) is 4.56. The lowest BCUT2D eigenvalue weighted by Gasteiger charge is -2.15. The first kappa shape index (κ1) is 21.6. The first-order valence-electron chi connectivity index (χ1n) is 6.80. The molecule has 104 valence electrons. The van der Waals surface area contributed by atoms with Crippen LogP contribution in [0, 0.1) is 5.92 Å². The van der Waals surface area contributed by atoms with Crippen LogP contribution in [-0.2, 0) is 9.59 Å². The normalized spacial score (nSPS) is 13.8. The van der Waals surface area contributed by atoms with E-state index in [1.807, 2.05) is 13.8 Å². The average Bonchev–Trinajstić information content (AvgIpc) is 2.20. The van der Waals surface area contributed by atoms with Crippen molar-refractivity contribution >= 4 is 11.6 Å². The highest BCUT2D eigenvalue weighted by atomic mass is 16.1. The van der Waals surface area contributed by atoms with Gasteiger partial charge in [0, 0.05) is 0 Å². The van der Waals surface area contributed by atoms with Crippen molar-refractivity contribution in [3.05, 3.63) is 0 Å². The van der Waals surface area contributed by atoms with E-state index in [2.05, 4.69) is 6.92 Å². The molecular formula is C15H32O2. The Kier molecular flexibility index (Phi) is 22.5. The Morgan fingerprint density at radius 2 is 1.00 bits per heavy atom. The molecule has 0 aromatic carbocycles. The number of carbonyl (C=O) groups is 2. The summed E-state index contributed by atoms with van der Waals surface area (Å²) in [6, 6.07) is 0. The van der Waals surface area contributed by atoms with E-state index in [1.54, 1.807) is 0 Å². The largest absolute Gasteiger partial charge is 0.300 e. The van der Waals surface area contributed by atoms with Gasteiger partial charge < -0.3 is 9.59 Å². The number of hydrogen-bond donors (Lipinski definition) is 0. The van der Waals surface area contributed by atoms with Gasteiger partial charge in [0.1, 0.15) is 11.6 Å². The molecule has 0 aromatic heterocycles. The first-order valence-corrected chi connectivity index (χ1v) is 6.80. The van der Waals surface area contributed by atoms with Gasteiger partial charge in [-0.3, -0.25) is 0 Å². The summed E-state index contributed by atoms with van der Waals surface area (Å²) < 4.78 is 0. The summed E-state index contributed by atoms with van der Waals surface area (Å²) in [6.45, 7) is 12.5. The van der Waals surface area contributed by atoms with Crippen LogP contribution in [0.2, 0.25) is 0 Å². The van der Waals surface area contributed by atoms with Crippen molar-refractivity contribution in [1.29, 1.82) is 0 Å². The van der Waals surface area contributed by atoms with E-state index in [0.29, 0.717) is 0 Å². The summed E-state index contributed by atoms with van der Waals surface area (Å²) in [4.78, 5) is 18.9. The molecule has 0 N–H and O–H groups in total. The molecule has 0 saturated heterocycles. The van der Waals surface area contributed by atoms with E-state index in [0.717, 1.165) is 5.92 Å². The molecule has 1 rings (SSSR count). The van der Waals surface area contributed by atoms with E-state index in [4.69, 9.17) is 0 Å². The van der Waals surface area contributed by atoms with Crippen molar-refractivity contribution in [2.75, 3.05) is 0 Å². The highest BCUT2D eigenvalue weighted by molar-refractivity contribution is 5.72. The standard InChI is InChI=1S/C7H14.2C3H6O.C2H6/c1-7-5-3-2-4-6-7;2*1-3(2)4;1-2/h7H,2-6H2,1H3;2*1-2H3;1-2H3. The summed E-state index contributed by atoms with van der Waals surface area (Å²) in [5.41, 5.74) is 0. The van der Waals surface area contributed by atoms with Gasteiger partial charge in [0.05, 0.1) is 0 Å². The molecule has 0 atom stereocenters. The molecule has 0 amide bonds. The molecule has 0 bridgehead atoms. The monoisotopic (exact) mass is 244 g/mol. The van der Waals surface area contributed by atoms with E-state index in [9.17, 15) is 9.59 Å². The van der Waals surface area contributed by atoms with Crippen LogP contribution in [0.15, 0.2) is 0 Å². The fourth-order valence-electron chi connectivity index (χ4n) is 1.31. The zero-order chi connectivity index (χ0) is 14.3. The lowest BCUT2D eigenvalue weighted by Crippen LogP contribution is -1.99. The summed E-state index contributed by atoms with van der Waals surface area (Å²) >= 11 is 0. The van der Waals surface area contributed by atoms with Gasteiger partial charge >= 0.3 is 0 Å². The van der Waals surface area contributed by atoms with Gasteiger partial charge in [-0.25, -0.2) is 0 Å². The molecule has 1 saturated carbocycles. The summed E-state index contributed by atoms with van der Waals surface area (Å²) in [7, 11) is 0. The van der Waals surface area contributed by atoms with Crippen LogP contribution in [0.4, 0.5) is 0 Å². The minimum absolute atomic E-state index is 0.167. The molecule has 0 unspecified atom stereocenters. The zero-order valence-electron chi connectivity index (χ0n) is 12.9. The van der Waals surface area contributed by atoms with Crippen molar-refractivity contribution < 1.29 is 9.59 Å². The van der Waals surface area contributed by atoms with Crippen LogP contribution in [0.1, 0.15) is 80.6 Å². The van der Waals surface area contributed by atoms with Gasteiger partial charge in [0.2, 0.25) is 0 Å². The second-order valence-electron chi connectivity index (χ2n) is 4.56. The Balaban J connectivity index is -0.000000172. The third-order valence-corrected chi connectivity index (χ3v) is 1.89. The molecule has 0 spiro atoms. The van der Waals surface area contributed by atoms with Crippen LogP contribution in [-0.4, -0.2) is 11.6 Å². The minimum Gasteiger partial charge on any atom is -0.300 e. The summed E-state index contributed by atoms with van der Waals surface area (Å²) in [5.74, 6) is 1.37. The Morgan fingerprint density at radius 3 is 1.12 bits per heavy atom. The highest BCUT2D eigenvalue weighted by Crippen LogP contribution is 2.22. The van der Waals surface area contributed by atoms with Gasteiger partial charge in [-0.15, -0.1) is 0 Å². The molecule has 1 aliphatic carbocycles. The number of hydrogen-bond acceptors (Lipinski definition) is 2. The molecule has 0 heterocycles. The Morgan fingerprint density at radius 1 is 0.765 bits per heavy atom. The number of carbonyl (C=O) groups excluding carboxylic acids is 2. The predicted molar refractivity (Wildman–Crippen MR) is 76.3 cm³/mol. The van der Waals surface area contributed by atoms with Crippen LogP contribution in [0.25, 0.3) is 0 Å². The first-order chi connectivity index (χ1) is 7.86. The molecule has 0 aliphatic heterocycles. The minimum atomic E-state index is 0.167. The Bertz CT molecular complexity index is 148. The summed E-state index contributed by atoms with van der Waals surface area (Å²) in [6.07, 6.45) is 7.44. The van der Waals surface area contributed by atoms with Gasteiger partial charge in [-0.1, -0.05) is 52.9 Å². The molecule has 2 heteroatoms. The molecule has 2 nitrogen and oxygen atoms in total. The fourth-order valence-corrected chi connectivity index (χ4v) is 1.31. The molecule has 17 heavy (non-hydrogen) atoms. The number of rotatable bonds is 0. The predicted octanol–water partition coefficient (Wildman–Crippen LogP) is 4.80. The lowest BCUT2D eigenvalue weighted by molar-refractivity contribution is -0.115. The van der Waals surface area contributed by atoms with E-state index in [-0.39, 0.29) is 11.6 Å². The molecule has 1 aliphatic rings. The van der Waals surface area contributed by atoms with Crippen LogP contribution >= 0.6 is 0 Å². The van der Waals surface area contributed by atoms with Gasteiger partial charge in [0.25, 0.3) is 0 Å². The number of ketones is 2. The zero-order valence-corrected chi connectivity index (χ0v) is 12.9. The van der Waals surface area contributed by atoms with Crippen molar-refractivity contribution in [2.24, 2.45) is 5.92 Å². The second kappa shape index (κ2) is 17.7. The van der Waals surface area contributed by atoms with Gasteiger partial charge in [0.15, 0.2) is 0 Å². The van der Waals surface area contributed by atoms with E-state index in [1.165, 1.54) is 59.8 Å². The highest BCUT2D eigenvalue weighted by Gasteiger charge is 2.05. The van der Waals surface area contributed by atoms with Crippen molar-refractivity contribution in [3.8, 4) is 0 Å². The van der Waals surface area contributed by atoms with E-state index >= 15 is 0 Å². The molecular weight excluding hydrogens is 212 g/mol. The molecule has 0 aromatic rings. The van der Waals surface area contributed by atoms with Crippen molar-refractivity contribution in [3.63, 3.8) is 0 Å². The van der Waals surface area contributed by atoms with Gasteiger partial charge in [-0.2, -0.15) is 0 Å². The fraction of sp³-hybridized carbons (Fsp3) is 0.867. The summed E-state index contributed by atoms with van der Waals surface area (Å²) in [5, 5.41) is 0. The third-order valence-electron chi connectivity index (χ3n) is 1.89. The van der Waals surface area contributed by atoms with Crippen LogP contribution in [0.3, 0.4) is 0 Å². The smallest absolute Gasteiger partial charge is 0.126 e. The SMILES string of the molecule is CC.CC(C)=O.CC(C)=O.CC1CCCCC1. The maximum Gasteiger partial charge on any atom is 0.126 e. The van der Waals surface area contributed by atoms with Crippen molar-refractivity contribution in [1.82, 2.24) is 0 Å². The molecule has 1 fully saturated rings. The van der Waals surface area contributed by atoms with E-state index < -0.39 is 0 Å². The maximum absolute atomic E-state index is 9.44. The Labute approximate surface area is 108 Å². The average molecular weight is 244 g/mol. The van der Waals surface area contributed by atoms with Crippen molar-refractivity contribution in [2.45, 2.75) is 80.6 Å². The third kappa shape index (κ3) is 50.7. The quantitative estimate of drug-likeness (QED) is 0.613. The number of Topliss-reactive ketones (excluding diaryl/α,β-unsaturated/α-hetero) is 2. The van der Waals surface area contributed by atoms with Crippen LogP contribution < -0.4 is 0 Å². The lowest BCUT2D eigenvalue weighted by atomic mass is 9.91. The van der Waals surface area contributed by atoms with Crippen LogP contribution in [0.5, 0.6) is 0 Å². The topological polar surface area (TPSA) is 34.1 Å². The molecule has 0 radical (unpaired) electrons. The maximum atomic E-state index is 9.44.